The highest BCUT2D eigenvalue weighted by atomic mass is 16.2. The summed E-state index contributed by atoms with van der Waals surface area (Å²) in [6, 6.07) is 15.4. The second-order valence-corrected chi connectivity index (χ2v) is 7.14. The largest absolute Gasteiger partial charge is 0.340 e. The van der Waals surface area contributed by atoms with Crippen LogP contribution in [0.4, 0.5) is 5.69 Å². The number of hydrogen-bond donors (Lipinski definition) is 1. The van der Waals surface area contributed by atoms with Gasteiger partial charge in [-0.05, 0) is 50.6 Å². The van der Waals surface area contributed by atoms with E-state index in [1.165, 1.54) is 0 Å². The average Bonchev–Trinajstić information content (AvgIpc) is 2.64. The van der Waals surface area contributed by atoms with Gasteiger partial charge in [0.25, 0.3) is 0 Å². The van der Waals surface area contributed by atoms with Crippen LogP contribution in [0.2, 0.25) is 0 Å². The number of carbonyl (C=O) groups is 2. The van der Waals surface area contributed by atoms with Crippen LogP contribution in [-0.2, 0) is 16.1 Å². The van der Waals surface area contributed by atoms with Crippen molar-refractivity contribution < 1.29 is 9.59 Å². The van der Waals surface area contributed by atoms with Gasteiger partial charge in [-0.3, -0.25) is 14.5 Å². The monoisotopic (exact) mass is 367 g/mol. The fraction of sp³-hybridized carbons (Fsp3) is 0.364. The molecular formula is C22H29N3O2. The fourth-order valence-electron chi connectivity index (χ4n) is 2.87. The maximum Gasteiger partial charge on any atom is 0.239 e. The summed E-state index contributed by atoms with van der Waals surface area (Å²) >= 11 is 0. The highest BCUT2D eigenvalue weighted by molar-refractivity contribution is 5.93. The summed E-state index contributed by atoms with van der Waals surface area (Å²) in [6.07, 6.45) is 0. The van der Waals surface area contributed by atoms with E-state index in [1.54, 1.807) is 23.9 Å². The molecule has 5 nitrogen and oxygen atoms in total. The van der Waals surface area contributed by atoms with Gasteiger partial charge < -0.3 is 10.2 Å². The number of nitrogens with zero attached hydrogens (tertiary/aromatic N) is 2. The van der Waals surface area contributed by atoms with Crippen LogP contribution in [0.15, 0.2) is 48.5 Å². The maximum absolute atomic E-state index is 12.7. The van der Waals surface area contributed by atoms with Crippen molar-refractivity contribution in [2.45, 2.75) is 33.4 Å². The molecule has 0 radical (unpaired) electrons. The number of anilines is 1. The molecule has 0 aliphatic heterocycles. The van der Waals surface area contributed by atoms with Gasteiger partial charge >= 0.3 is 0 Å². The summed E-state index contributed by atoms with van der Waals surface area (Å²) in [6.45, 7) is 6.48. The number of rotatable bonds is 7. The van der Waals surface area contributed by atoms with Gasteiger partial charge in [0, 0.05) is 19.3 Å². The van der Waals surface area contributed by atoms with Crippen molar-refractivity contribution in [1.29, 1.82) is 0 Å². The van der Waals surface area contributed by atoms with Crippen LogP contribution in [0.5, 0.6) is 0 Å². The van der Waals surface area contributed by atoms with E-state index in [1.807, 2.05) is 69.3 Å². The molecule has 0 saturated heterocycles. The van der Waals surface area contributed by atoms with Crippen molar-refractivity contribution >= 4 is 17.5 Å². The SMILES string of the molecule is Cc1ccc(C)c(NC(=O)CN(C)[C@H](C)C(=O)N(C)Cc2ccccc2)c1. The van der Waals surface area contributed by atoms with Gasteiger partial charge in [-0.15, -0.1) is 0 Å². The van der Waals surface area contributed by atoms with Crippen LogP contribution in [0.25, 0.3) is 0 Å². The minimum Gasteiger partial charge on any atom is -0.340 e. The Kier molecular flexibility index (Phi) is 7.13. The van der Waals surface area contributed by atoms with Crippen LogP contribution in [0.1, 0.15) is 23.6 Å². The van der Waals surface area contributed by atoms with Gasteiger partial charge in [0.05, 0.1) is 12.6 Å². The highest BCUT2D eigenvalue weighted by Crippen LogP contribution is 2.16. The predicted octanol–water partition coefficient (Wildman–Crippen LogP) is 3.22. The van der Waals surface area contributed by atoms with Gasteiger partial charge in [-0.25, -0.2) is 0 Å². The van der Waals surface area contributed by atoms with Gasteiger partial charge in [0.15, 0.2) is 0 Å². The molecule has 2 aromatic carbocycles. The number of likely N-dealkylation sites (N-methyl/N-ethyl adjacent to an activating group) is 2. The third-order valence-electron chi connectivity index (χ3n) is 4.72. The molecule has 1 atom stereocenters. The molecule has 144 valence electrons. The van der Waals surface area contributed by atoms with Gasteiger partial charge in [-0.1, -0.05) is 42.5 Å². The first-order chi connectivity index (χ1) is 12.8. The number of benzene rings is 2. The molecule has 0 saturated carbocycles. The minimum atomic E-state index is -0.386. The summed E-state index contributed by atoms with van der Waals surface area (Å²) in [5.74, 6) is -0.141. The van der Waals surface area contributed by atoms with Gasteiger partial charge in [0.1, 0.15) is 0 Å². The van der Waals surface area contributed by atoms with E-state index in [0.717, 1.165) is 22.4 Å². The molecule has 0 fully saturated rings. The van der Waals surface area contributed by atoms with Gasteiger partial charge in [0.2, 0.25) is 11.8 Å². The number of aryl methyl sites for hydroxylation is 2. The van der Waals surface area contributed by atoms with Crippen LogP contribution >= 0.6 is 0 Å². The molecule has 2 rings (SSSR count). The Bertz CT molecular complexity index is 789. The Balaban J connectivity index is 1.91. The second-order valence-electron chi connectivity index (χ2n) is 7.14. The number of hydrogen-bond acceptors (Lipinski definition) is 3. The fourth-order valence-corrected chi connectivity index (χ4v) is 2.87. The first-order valence-electron chi connectivity index (χ1n) is 9.14. The third-order valence-corrected chi connectivity index (χ3v) is 4.72. The summed E-state index contributed by atoms with van der Waals surface area (Å²) in [5.41, 5.74) is 4.00. The summed E-state index contributed by atoms with van der Waals surface area (Å²) in [5, 5.41) is 2.94. The lowest BCUT2D eigenvalue weighted by molar-refractivity contribution is -0.135. The van der Waals surface area contributed by atoms with E-state index in [4.69, 9.17) is 0 Å². The summed E-state index contributed by atoms with van der Waals surface area (Å²) in [4.78, 5) is 28.5. The number of nitrogens with one attached hydrogen (secondary N) is 1. The lowest BCUT2D eigenvalue weighted by Gasteiger charge is -2.28. The molecule has 0 aliphatic rings. The Morgan fingerprint density at radius 2 is 1.70 bits per heavy atom. The zero-order chi connectivity index (χ0) is 20.0. The van der Waals surface area contributed by atoms with E-state index < -0.39 is 0 Å². The van der Waals surface area contributed by atoms with E-state index in [9.17, 15) is 9.59 Å². The number of carbonyl (C=O) groups excluding carboxylic acids is 2. The summed E-state index contributed by atoms with van der Waals surface area (Å²) in [7, 11) is 3.58. The molecule has 27 heavy (non-hydrogen) atoms. The third kappa shape index (κ3) is 5.93. The van der Waals surface area contributed by atoms with E-state index >= 15 is 0 Å². The Morgan fingerprint density at radius 1 is 1.04 bits per heavy atom. The maximum atomic E-state index is 12.7. The molecule has 5 heteroatoms. The smallest absolute Gasteiger partial charge is 0.239 e. The van der Waals surface area contributed by atoms with E-state index in [0.29, 0.717) is 6.54 Å². The van der Waals surface area contributed by atoms with Crippen LogP contribution in [0.3, 0.4) is 0 Å². The van der Waals surface area contributed by atoms with E-state index in [2.05, 4.69) is 5.32 Å². The van der Waals surface area contributed by atoms with Crippen molar-refractivity contribution in [3.05, 3.63) is 65.2 Å². The van der Waals surface area contributed by atoms with Crippen LogP contribution < -0.4 is 5.32 Å². The van der Waals surface area contributed by atoms with E-state index in [-0.39, 0.29) is 24.4 Å². The molecule has 0 bridgehead atoms. The quantitative estimate of drug-likeness (QED) is 0.817. The first-order valence-corrected chi connectivity index (χ1v) is 9.14. The molecule has 0 heterocycles. The second kappa shape index (κ2) is 9.33. The lowest BCUT2D eigenvalue weighted by atomic mass is 10.1. The molecule has 0 aliphatic carbocycles. The lowest BCUT2D eigenvalue weighted by Crippen LogP contribution is -2.46. The first kappa shape index (κ1) is 20.6. The van der Waals surface area contributed by atoms with Crippen molar-refractivity contribution in [1.82, 2.24) is 9.80 Å². The summed E-state index contributed by atoms with van der Waals surface area (Å²) < 4.78 is 0. The Labute approximate surface area is 162 Å². The van der Waals surface area contributed by atoms with Crippen molar-refractivity contribution in [3.63, 3.8) is 0 Å². The normalized spacial score (nSPS) is 11.9. The molecule has 0 spiro atoms. The van der Waals surface area contributed by atoms with Crippen molar-refractivity contribution in [2.24, 2.45) is 0 Å². The van der Waals surface area contributed by atoms with Crippen LogP contribution in [-0.4, -0.2) is 48.3 Å². The average molecular weight is 367 g/mol. The molecule has 1 N–H and O–H groups in total. The van der Waals surface area contributed by atoms with Gasteiger partial charge in [-0.2, -0.15) is 0 Å². The highest BCUT2D eigenvalue weighted by Gasteiger charge is 2.23. The Hall–Kier alpha value is -2.66. The zero-order valence-corrected chi connectivity index (χ0v) is 16.8. The predicted molar refractivity (Wildman–Crippen MR) is 110 cm³/mol. The molecule has 0 unspecified atom stereocenters. The minimum absolute atomic E-state index is 0.0131. The topological polar surface area (TPSA) is 52.7 Å². The standard InChI is InChI=1S/C22H29N3O2/c1-16-11-12-17(2)20(13-16)23-21(26)15-24(4)18(3)22(27)25(5)14-19-9-7-6-8-10-19/h6-13,18H,14-15H2,1-5H3,(H,23,26)/t18-/m1/s1. The molecular weight excluding hydrogens is 338 g/mol. The Morgan fingerprint density at radius 3 is 2.37 bits per heavy atom. The van der Waals surface area contributed by atoms with Crippen LogP contribution in [0, 0.1) is 13.8 Å². The molecule has 0 aromatic heterocycles. The zero-order valence-electron chi connectivity index (χ0n) is 16.8. The van der Waals surface area contributed by atoms with Crippen molar-refractivity contribution in [2.75, 3.05) is 26.0 Å². The molecule has 2 aromatic rings. The molecule has 2 amide bonds. The van der Waals surface area contributed by atoms with Crippen molar-refractivity contribution in [3.8, 4) is 0 Å². The number of amides is 2.